The first-order valence-corrected chi connectivity index (χ1v) is 24.8. The largest absolute Gasteiger partial charge is 0.336 e. The summed E-state index contributed by atoms with van der Waals surface area (Å²) in [7, 11) is -17.9. The van der Waals surface area contributed by atoms with Gasteiger partial charge in [-0.2, -0.15) is 0 Å². The molecule has 262 valence electrons. The van der Waals surface area contributed by atoms with Crippen LogP contribution in [0.25, 0.3) is 0 Å². The topological polar surface area (TPSA) is 159 Å². The predicted molar refractivity (Wildman–Crippen MR) is 179 cm³/mol. The fourth-order valence-corrected chi connectivity index (χ4v) is 26.0. The summed E-state index contributed by atoms with van der Waals surface area (Å²) in [6.45, 7) is 13.7. The Bertz CT molecular complexity index is 993. The summed E-state index contributed by atoms with van der Waals surface area (Å²) in [5.74, 6) is 0.276. The van der Waals surface area contributed by atoms with Gasteiger partial charge in [-0.15, -0.1) is 23.5 Å². The SMILES string of the molecule is CCOP(=O)(OCC)C1CSC(S(=O)C2SCC(P(=O)(OCC)OCC)C2P(=O)(OCC)OCC)C1P(=O)(OCC)OCC. The molecule has 0 radical (unpaired) electrons. The highest BCUT2D eigenvalue weighted by Gasteiger charge is 2.65. The zero-order valence-corrected chi connectivity index (χ0v) is 32.9. The third kappa shape index (κ3) is 9.36. The second-order valence-electron chi connectivity index (χ2n) is 9.35. The number of hydrogen-bond donors (Lipinski definition) is 0. The highest BCUT2D eigenvalue weighted by molar-refractivity contribution is 8.19. The Balaban J connectivity index is 2.74. The van der Waals surface area contributed by atoms with E-state index in [4.69, 9.17) is 36.2 Å². The Hall–Kier alpha value is 1.45. The summed E-state index contributed by atoms with van der Waals surface area (Å²) in [5, 5.41) is 0. The van der Waals surface area contributed by atoms with Crippen molar-refractivity contribution in [1.82, 2.24) is 0 Å². The van der Waals surface area contributed by atoms with Crippen molar-refractivity contribution in [2.45, 2.75) is 87.2 Å². The monoisotopic (exact) mass is 766 g/mol. The molecule has 6 atom stereocenters. The quantitative estimate of drug-likeness (QED) is 0.100. The molecule has 2 rings (SSSR count). The number of rotatable bonds is 22. The third-order valence-electron chi connectivity index (χ3n) is 6.68. The fourth-order valence-electron chi connectivity index (χ4n) is 5.28. The summed E-state index contributed by atoms with van der Waals surface area (Å²) in [6.07, 6.45) is 0. The van der Waals surface area contributed by atoms with Crippen LogP contribution in [0, 0.1) is 0 Å². The van der Waals surface area contributed by atoms with Gasteiger partial charge in [-0.05, 0) is 55.4 Å². The average Bonchev–Trinajstić information content (AvgIpc) is 3.61. The van der Waals surface area contributed by atoms with Gasteiger partial charge in [0.05, 0.1) is 84.7 Å². The Morgan fingerprint density at radius 1 is 0.477 bits per heavy atom. The standard InChI is InChI=1S/C24H50O13P4S3/c1-9-30-38(25,31-10-2)19-17-42-23(21(19)40(27,34-13-5)35-14-6)44(29)24-22(41(28,36-15-7)37-16-8)20(18-43-24)39(26,32-11-3)33-12-4/h19-24H,9-18H2,1-8H3. The van der Waals surface area contributed by atoms with Gasteiger partial charge in [-0.1, -0.05) is 0 Å². The van der Waals surface area contributed by atoms with Crippen LogP contribution in [0.4, 0.5) is 0 Å². The van der Waals surface area contributed by atoms with E-state index in [9.17, 15) is 22.5 Å². The first kappa shape index (κ1) is 41.6. The lowest BCUT2D eigenvalue weighted by atomic mass is 10.3. The van der Waals surface area contributed by atoms with E-state index in [0.29, 0.717) is 0 Å². The molecule has 0 aliphatic carbocycles. The zero-order valence-electron chi connectivity index (χ0n) is 26.9. The molecule has 0 saturated carbocycles. The Kier molecular flexibility index (Phi) is 18.0. The third-order valence-corrected chi connectivity index (χ3v) is 24.6. The molecule has 2 aliphatic heterocycles. The summed E-state index contributed by atoms with van der Waals surface area (Å²) in [6, 6.07) is 0. The lowest BCUT2D eigenvalue weighted by Crippen LogP contribution is -2.41. The Morgan fingerprint density at radius 3 is 0.932 bits per heavy atom. The summed E-state index contributed by atoms with van der Waals surface area (Å²) in [5.41, 5.74) is -4.23. The normalized spacial score (nSPS) is 27.6. The van der Waals surface area contributed by atoms with E-state index < -0.39 is 73.0 Å². The van der Waals surface area contributed by atoms with Gasteiger partial charge in [-0.25, -0.2) is 0 Å². The van der Waals surface area contributed by atoms with Gasteiger partial charge in [-0.3, -0.25) is 22.5 Å². The molecule has 0 bridgehead atoms. The van der Waals surface area contributed by atoms with Crippen LogP contribution in [0.3, 0.4) is 0 Å². The average molecular weight is 767 g/mol. The van der Waals surface area contributed by atoms with Crippen LogP contribution in [0.1, 0.15) is 55.4 Å². The summed E-state index contributed by atoms with van der Waals surface area (Å²) in [4.78, 5) is 0. The van der Waals surface area contributed by atoms with Crippen LogP contribution in [-0.2, 0) is 65.2 Å². The minimum absolute atomic E-state index is 0.0245. The second kappa shape index (κ2) is 19.0. The van der Waals surface area contributed by atoms with Gasteiger partial charge in [0.1, 0.15) is 0 Å². The van der Waals surface area contributed by atoms with Crippen molar-refractivity contribution in [2.75, 3.05) is 64.4 Å². The zero-order chi connectivity index (χ0) is 33.2. The van der Waals surface area contributed by atoms with Crippen molar-refractivity contribution in [2.24, 2.45) is 0 Å². The van der Waals surface area contributed by atoms with Gasteiger partial charge in [0.15, 0.2) is 0 Å². The maximum atomic E-state index is 14.8. The van der Waals surface area contributed by atoms with Gasteiger partial charge in [0.2, 0.25) is 0 Å². The molecule has 20 heteroatoms. The Morgan fingerprint density at radius 2 is 0.705 bits per heavy atom. The van der Waals surface area contributed by atoms with Crippen LogP contribution in [-0.4, -0.2) is 100 Å². The number of thioether (sulfide) groups is 2. The van der Waals surface area contributed by atoms with Crippen molar-refractivity contribution in [1.29, 1.82) is 0 Å². The first-order chi connectivity index (χ1) is 20.9. The van der Waals surface area contributed by atoms with Gasteiger partial charge >= 0.3 is 30.4 Å². The molecule has 0 aromatic rings. The lowest BCUT2D eigenvalue weighted by molar-refractivity contribution is 0.198. The Labute approximate surface area is 274 Å². The molecule has 0 aromatic heterocycles. The predicted octanol–water partition coefficient (Wildman–Crippen LogP) is 7.42. The molecule has 2 fully saturated rings. The van der Waals surface area contributed by atoms with Crippen LogP contribution in [0.15, 0.2) is 0 Å². The van der Waals surface area contributed by atoms with Crippen molar-refractivity contribution >= 4 is 64.7 Å². The van der Waals surface area contributed by atoms with E-state index in [1.54, 1.807) is 55.4 Å². The lowest BCUT2D eigenvalue weighted by Gasteiger charge is -2.36. The molecular weight excluding hydrogens is 716 g/mol. The molecule has 2 aliphatic rings. The van der Waals surface area contributed by atoms with Crippen LogP contribution < -0.4 is 0 Å². The molecule has 0 N–H and O–H groups in total. The van der Waals surface area contributed by atoms with Crippen molar-refractivity contribution in [3.05, 3.63) is 0 Å². The maximum absolute atomic E-state index is 14.8. The molecule has 0 amide bonds. The van der Waals surface area contributed by atoms with Gasteiger partial charge in [0, 0.05) is 22.3 Å². The van der Waals surface area contributed by atoms with Gasteiger partial charge < -0.3 is 36.2 Å². The van der Waals surface area contributed by atoms with E-state index in [1.165, 1.54) is 23.5 Å². The maximum Gasteiger partial charge on any atom is 0.336 e. The van der Waals surface area contributed by atoms with Crippen molar-refractivity contribution < 1.29 is 58.7 Å². The van der Waals surface area contributed by atoms with Crippen LogP contribution in [0.2, 0.25) is 0 Å². The minimum Gasteiger partial charge on any atom is -0.309 e. The molecule has 0 aromatic carbocycles. The van der Waals surface area contributed by atoms with E-state index >= 15 is 0 Å². The molecule has 2 saturated heterocycles. The van der Waals surface area contributed by atoms with E-state index in [-0.39, 0.29) is 64.4 Å². The smallest absolute Gasteiger partial charge is 0.309 e. The highest BCUT2D eigenvalue weighted by atomic mass is 32.3. The highest BCUT2D eigenvalue weighted by Crippen LogP contribution is 2.73. The van der Waals surface area contributed by atoms with Gasteiger partial charge in [0.25, 0.3) is 0 Å². The molecule has 13 nitrogen and oxygen atoms in total. The van der Waals surface area contributed by atoms with E-state index in [1.807, 2.05) is 0 Å². The van der Waals surface area contributed by atoms with Crippen molar-refractivity contribution in [3.63, 3.8) is 0 Å². The van der Waals surface area contributed by atoms with E-state index in [0.717, 1.165) is 0 Å². The molecule has 44 heavy (non-hydrogen) atoms. The molecule has 2 heterocycles. The fraction of sp³-hybridized carbons (Fsp3) is 1.00. The first-order valence-electron chi connectivity index (χ1n) is 15.0. The molecular formula is C24H50O13P4S3. The molecule has 6 unspecified atom stereocenters. The van der Waals surface area contributed by atoms with E-state index in [2.05, 4.69) is 0 Å². The summed E-state index contributed by atoms with van der Waals surface area (Å²) >= 11 is 2.40. The van der Waals surface area contributed by atoms with Crippen LogP contribution in [0.5, 0.6) is 0 Å². The number of hydrogen-bond acceptors (Lipinski definition) is 15. The molecule has 0 spiro atoms. The van der Waals surface area contributed by atoms with Crippen molar-refractivity contribution in [3.8, 4) is 0 Å². The summed E-state index contributed by atoms with van der Waals surface area (Å²) < 4.78 is 116. The second-order valence-corrected chi connectivity index (χ2v) is 22.9. The minimum atomic E-state index is -4.06. The van der Waals surface area contributed by atoms with Crippen LogP contribution >= 0.6 is 53.9 Å².